The van der Waals surface area contributed by atoms with Crippen LogP contribution in [0.2, 0.25) is 0 Å². The van der Waals surface area contributed by atoms with Crippen LogP contribution in [0.4, 0.5) is 0 Å². The molecule has 1 aromatic carbocycles. The molecule has 4 rings (SSSR count). The van der Waals surface area contributed by atoms with Gasteiger partial charge in [0.25, 0.3) is 0 Å². The van der Waals surface area contributed by atoms with Gasteiger partial charge in [0.05, 0.1) is 16.8 Å². The molecule has 28 heavy (non-hydrogen) atoms. The summed E-state index contributed by atoms with van der Waals surface area (Å²) < 4.78 is 1.98. The summed E-state index contributed by atoms with van der Waals surface area (Å²) in [6.45, 7) is 5.93. The SMILES string of the molecule is CC1CCN(C(=O)CSc2nc3ccccc3n2CC(=O)N2CCCC2)CC1. The minimum Gasteiger partial charge on any atom is -0.342 e. The normalized spacial score (nSPS) is 18.2. The molecule has 2 aliphatic heterocycles. The Hall–Kier alpha value is -2.02. The van der Waals surface area contributed by atoms with E-state index in [4.69, 9.17) is 4.98 Å². The molecule has 1 aromatic heterocycles. The van der Waals surface area contributed by atoms with Gasteiger partial charge in [0, 0.05) is 26.2 Å². The number of benzene rings is 1. The van der Waals surface area contributed by atoms with E-state index in [1.807, 2.05) is 38.6 Å². The number of hydrogen-bond donors (Lipinski definition) is 0. The number of thioether (sulfide) groups is 1. The summed E-state index contributed by atoms with van der Waals surface area (Å²) in [7, 11) is 0. The zero-order chi connectivity index (χ0) is 19.5. The van der Waals surface area contributed by atoms with Crippen LogP contribution in [0.5, 0.6) is 0 Å². The summed E-state index contributed by atoms with van der Waals surface area (Å²) in [5.41, 5.74) is 1.83. The lowest BCUT2D eigenvalue weighted by molar-refractivity contribution is -0.131. The van der Waals surface area contributed by atoms with Crippen molar-refractivity contribution in [2.45, 2.75) is 44.3 Å². The maximum absolute atomic E-state index is 12.7. The molecule has 0 unspecified atom stereocenters. The number of piperidine rings is 1. The molecule has 0 saturated carbocycles. The van der Waals surface area contributed by atoms with E-state index >= 15 is 0 Å². The highest BCUT2D eigenvalue weighted by Gasteiger charge is 2.23. The van der Waals surface area contributed by atoms with Crippen LogP contribution in [0.3, 0.4) is 0 Å². The predicted octanol–water partition coefficient (Wildman–Crippen LogP) is 3.01. The number of fused-ring (bicyclic) bond motifs is 1. The number of aromatic nitrogens is 2. The van der Waals surface area contributed by atoms with Gasteiger partial charge in [0.1, 0.15) is 6.54 Å². The van der Waals surface area contributed by atoms with E-state index in [0.29, 0.717) is 11.7 Å². The Bertz CT molecular complexity index is 851. The van der Waals surface area contributed by atoms with Crippen LogP contribution in [0.1, 0.15) is 32.6 Å². The van der Waals surface area contributed by atoms with Crippen molar-refractivity contribution in [2.24, 2.45) is 5.92 Å². The monoisotopic (exact) mass is 400 g/mol. The highest BCUT2D eigenvalue weighted by Crippen LogP contribution is 2.26. The summed E-state index contributed by atoms with van der Waals surface area (Å²) in [6, 6.07) is 7.88. The van der Waals surface area contributed by atoms with Crippen LogP contribution in [0.15, 0.2) is 29.4 Å². The first-order chi connectivity index (χ1) is 13.6. The Morgan fingerprint density at radius 1 is 1.04 bits per heavy atom. The van der Waals surface area contributed by atoms with Gasteiger partial charge in [-0.1, -0.05) is 30.8 Å². The van der Waals surface area contributed by atoms with E-state index in [2.05, 4.69) is 6.92 Å². The van der Waals surface area contributed by atoms with Crippen molar-refractivity contribution >= 4 is 34.6 Å². The van der Waals surface area contributed by atoms with Gasteiger partial charge in [0.15, 0.2) is 5.16 Å². The molecule has 150 valence electrons. The molecule has 2 amide bonds. The van der Waals surface area contributed by atoms with Crippen molar-refractivity contribution in [3.63, 3.8) is 0 Å². The topological polar surface area (TPSA) is 58.4 Å². The minimum atomic E-state index is 0.138. The van der Waals surface area contributed by atoms with E-state index in [0.717, 1.165) is 68.1 Å². The minimum absolute atomic E-state index is 0.138. The highest BCUT2D eigenvalue weighted by atomic mass is 32.2. The first-order valence-corrected chi connectivity index (χ1v) is 11.2. The highest BCUT2D eigenvalue weighted by molar-refractivity contribution is 7.99. The molecular formula is C21H28N4O2S. The number of rotatable bonds is 5. The lowest BCUT2D eigenvalue weighted by Gasteiger charge is -2.30. The molecule has 2 saturated heterocycles. The summed E-state index contributed by atoms with van der Waals surface area (Å²) >= 11 is 1.45. The van der Waals surface area contributed by atoms with Crippen molar-refractivity contribution in [3.05, 3.63) is 24.3 Å². The quantitative estimate of drug-likeness (QED) is 0.724. The number of para-hydroxylation sites is 2. The Labute approximate surface area is 170 Å². The third-order valence-corrected chi connectivity index (χ3v) is 6.79. The number of hydrogen-bond acceptors (Lipinski definition) is 4. The summed E-state index contributed by atoms with van der Waals surface area (Å²) in [5.74, 6) is 1.38. The molecule has 0 N–H and O–H groups in total. The first kappa shape index (κ1) is 19.3. The number of imidazole rings is 1. The molecule has 7 heteroatoms. The van der Waals surface area contributed by atoms with Gasteiger partial charge in [-0.15, -0.1) is 0 Å². The first-order valence-electron chi connectivity index (χ1n) is 10.3. The Morgan fingerprint density at radius 2 is 1.71 bits per heavy atom. The Balaban J connectivity index is 1.48. The fraction of sp³-hybridized carbons (Fsp3) is 0.571. The van der Waals surface area contributed by atoms with Crippen LogP contribution < -0.4 is 0 Å². The zero-order valence-electron chi connectivity index (χ0n) is 16.5. The molecule has 0 radical (unpaired) electrons. The van der Waals surface area contributed by atoms with Gasteiger partial charge in [0.2, 0.25) is 11.8 Å². The van der Waals surface area contributed by atoms with Gasteiger partial charge in [-0.2, -0.15) is 0 Å². The molecule has 0 bridgehead atoms. The second kappa shape index (κ2) is 8.55. The average molecular weight is 401 g/mol. The van der Waals surface area contributed by atoms with Crippen molar-refractivity contribution in [1.82, 2.24) is 19.4 Å². The van der Waals surface area contributed by atoms with Gasteiger partial charge in [-0.25, -0.2) is 4.98 Å². The van der Waals surface area contributed by atoms with E-state index in [-0.39, 0.29) is 18.4 Å². The molecule has 2 aliphatic rings. The fourth-order valence-electron chi connectivity index (χ4n) is 3.99. The Kier molecular flexibility index (Phi) is 5.90. The third kappa shape index (κ3) is 4.19. The van der Waals surface area contributed by atoms with Gasteiger partial charge >= 0.3 is 0 Å². The number of nitrogens with zero attached hydrogens (tertiary/aromatic N) is 4. The van der Waals surface area contributed by atoms with Crippen molar-refractivity contribution in [2.75, 3.05) is 31.9 Å². The van der Waals surface area contributed by atoms with Crippen molar-refractivity contribution in [3.8, 4) is 0 Å². The smallest absolute Gasteiger partial charge is 0.242 e. The van der Waals surface area contributed by atoms with Crippen LogP contribution in [-0.2, 0) is 16.1 Å². The lowest BCUT2D eigenvalue weighted by Crippen LogP contribution is -2.39. The molecule has 3 heterocycles. The van der Waals surface area contributed by atoms with Crippen LogP contribution in [0, 0.1) is 5.92 Å². The second-order valence-corrected chi connectivity index (χ2v) is 8.85. The van der Waals surface area contributed by atoms with E-state index in [1.54, 1.807) is 0 Å². The van der Waals surface area contributed by atoms with Gasteiger partial charge in [-0.3, -0.25) is 9.59 Å². The van der Waals surface area contributed by atoms with Crippen molar-refractivity contribution < 1.29 is 9.59 Å². The zero-order valence-corrected chi connectivity index (χ0v) is 17.3. The fourth-order valence-corrected chi connectivity index (χ4v) is 4.91. The third-order valence-electron chi connectivity index (χ3n) is 5.83. The maximum atomic E-state index is 12.7. The standard InChI is InChI=1S/C21H28N4O2S/c1-16-8-12-24(13-9-16)20(27)15-28-21-22-17-6-2-3-7-18(17)25(21)14-19(26)23-10-4-5-11-23/h2-3,6-7,16H,4-5,8-15H2,1H3. The van der Waals surface area contributed by atoms with E-state index in [9.17, 15) is 9.59 Å². The Morgan fingerprint density at radius 3 is 2.46 bits per heavy atom. The molecular weight excluding hydrogens is 372 g/mol. The van der Waals surface area contributed by atoms with E-state index in [1.165, 1.54) is 11.8 Å². The number of amides is 2. The van der Waals surface area contributed by atoms with E-state index < -0.39 is 0 Å². The van der Waals surface area contributed by atoms with Crippen LogP contribution in [-0.4, -0.2) is 63.1 Å². The van der Waals surface area contributed by atoms with Gasteiger partial charge < -0.3 is 14.4 Å². The van der Waals surface area contributed by atoms with Crippen molar-refractivity contribution in [1.29, 1.82) is 0 Å². The molecule has 0 atom stereocenters. The maximum Gasteiger partial charge on any atom is 0.242 e. The summed E-state index contributed by atoms with van der Waals surface area (Å²) in [4.78, 5) is 34.0. The second-order valence-electron chi connectivity index (χ2n) is 7.91. The average Bonchev–Trinajstić information content (AvgIpc) is 3.35. The molecule has 6 nitrogen and oxygen atoms in total. The number of carbonyl (C=O) groups is 2. The van der Waals surface area contributed by atoms with Crippen LogP contribution >= 0.6 is 11.8 Å². The number of carbonyl (C=O) groups excluding carboxylic acids is 2. The van der Waals surface area contributed by atoms with Gasteiger partial charge in [-0.05, 0) is 43.7 Å². The largest absolute Gasteiger partial charge is 0.342 e. The summed E-state index contributed by atoms with van der Waals surface area (Å²) in [5, 5.41) is 0.757. The van der Waals surface area contributed by atoms with Crippen LogP contribution in [0.25, 0.3) is 11.0 Å². The molecule has 2 fully saturated rings. The molecule has 2 aromatic rings. The number of likely N-dealkylation sites (tertiary alicyclic amines) is 2. The molecule has 0 spiro atoms. The molecule has 0 aliphatic carbocycles. The lowest BCUT2D eigenvalue weighted by atomic mass is 9.99. The predicted molar refractivity (Wildman–Crippen MR) is 111 cm³/mol. The summed E-state index contributed by atoms with van der Waals surface area (Å²) in [6.07, 6.45) is 4.33.